The standard InChI is InChI=1S/C26H27F2N5O5S/c1-16-9-18(5-8-23(16)31-14-33(15-34)13-17(2)25(35)29-3)19-10-24(26(38-4)30-12-19)32-39(36,37)20-6-7-21(27)22(28)11-20/h5-12,14-15,17,32H,13H2,1-4H3,(H,29,35)/b31-14-. The van der Waals surface area contributed by atoms with E-state index < -0.39 is 32.5 Å². The summed E-state index contributed by atoms with van der Waals surface area (Å²) in [5.41, 5.74) is 2.51. The number of hydrogen-bond donors (Lipinski definition) is 2. The van der Waals surface area contributed by atoms with E-state index in [0.29, 0.717) is 29.3 Å². The molecule has 0 aliphatic heterocycles. The first-order valence-corrected chi connectivity index (χ1v) is 13.1. The van der Waals surface area contributed by atoms with E-state index in [-0.39, 0.29) is 24.0 Å². The van der Waals surface area contributed by atoms with E-state index in [1.165, 1.54) is 37.7 Å². The molecule has 3 aromatic rings. The number of sulfonamides is 1. The molecule has 0 aliphatic rings. The van der Waals surface area contributed by atoms with Crippen molar-refractivity contribution in [2.24, 2.45) is 10.9 Å². The topological polar surface area (TPSA) is 130 Å². The molecule has 206 valence electrons. The van der Waals surface area contributed by atoms with E-state index in [1.54, 1.807) is 32.0 Å². The summed E-state index contributed by atoms with van der Waals surface area (Å²) in [6, 6.07) is 8.97. The van der Waals surface area contributed by atoms with E-state index >= 15 is 0 Å². The highest BCUT2D eigenvalue weighted by atomic mass is 32.2. The van der Waals surface area contributed by atoms with E-state index in [2.05, 4.69) is 20.0 Å². The van der Waals surface area contributed by atoms with Gasteiger partial charge in [-0.05, 0) is 54.4 Å². The number of pyridine rings is 1. The number of methoxy groups -OCH3 is 1. The zero-order valence-electron chi connectivity index (χ0n) is 21.6. The second kappa shape index (κ2) is 12.4. The average Bonchev–Trinajstić information content (AvgIpc) is 2.92. The van der Waals surface area contributed by atoms with Crippen molar-refractivity contribution < 1.29 is 31.5 Å². The first kappa shape index (κ1) is 29.2. The lowest BCUT2D eigenvalue weighted by molar-refractivity contribution is -0.124. The van der Waals surface area contributed by atoms with Gasteiger partial charge in [0.15, 0.2) is 11.6 Å². The molecular weight excluding hydrogens is 532 g/mol. The molecule has 13 heteroatoms. The number of anilines is 1. The predicted octanol–water partition coefficient (Wildman–Crippen LogP) is 3.64. The van der Waals surface area contributed by atoms with Crippen LogP contribution in [0.2, 0.25) is 0 Å². The third kappa shape index (κ3) is 7.13. The summed E-state index contributed by atoms with van der Waals surface area (Å²) in [5.74, 6) is -3.12. The van der Waals surface area contributed by atoms with Gasteiger partial charge in [-0.1, -0.05) is 13.0 Å². The predicted molar refractivity (Wildman–Crippen MR) is 142 cm³/mol. The molecule has 0 bridgehead atoms. The van der Waals surface area contributed by atoms with Crippen LogP contribution in [0.4, 0.5) is 20.2 Å². The van der Waals surface area contributed by atoms with Crippen molar-refractivity contribution in [2.75, 3.05) is 25.4 Å². The van der Waals surface area contributed by atoms with Crippen molar-refractivity contribution in [1.29, 1.82) is 0 Å². The molecule has 1 unspecified atom stereocenters. The number of aryl methyl sites for hydroxylation is 1. The first-order chi connectivity index (χ1) is 18.5. The van der Waals surface area contributed by atoms with E-state index in [1.807, 2.05) is 0 Å². The van der Waals surface area contributed by atoms with Gasteiger partial charge < -0.3 is 15.0 Å². The quantitative estimate of drug-likeness (QED) is 0.210. The minimum absolute atomic E-state index is 0.00801. The van der Waals surface area contributed by atoms with Gasteiger partial charge in [-0.3, -0.25) is 14.3 Å². The number of nitrogens with one attached hydrogen (secondary N) is 2. The van der Waals surface area contributed by atoms with Gasteiger partial charge in [0.2, 0.25) is 18.2 Å². The van der Waals surface area contributed by atoms with Gasteiger partial charge in [0.25, 0.3) is 10.0 Å². The van der Waals surface area contributed by atoms with Crippen LogP contribution in [0.15, 0.2) is 58.5 Å². The summed E-state index contributed by atoms with van der Waals surface area (Å²) >= 11 is 0. The summed E-state index contributed by atoms with van der Waals surface area (Å²) in [4.78, 5) is 32.4. The number of halogens is 2. The minimum Gasteiger partial charge on any atom is -0.480 e. The zero-order valence-corrected chi connectivity index (χ0v) is 22.4. The molecule has 0 radical (unpaired) electrons. The molecule has 39 heavy (non-hydrogen) atoms. The smallest absolute Gasteiger partial charge is 0.262 e. The monoisotopic (exact) mass is 559 g/mol. The maximum Gasteiger partial charge on any atom is 0.262 e. The maximum absolute atomic E-state index is 13.6. The van der Waals surface area contributed by atoms with Crippen molar-refractivity contribution in [3.05, 3.63) is 65.9 Å². The van der Waals surface area contributed by atoms with Crippen molar-refractivity contribution >= 4 is 40.1 Å². The molecule has 10 nitrogen and oxygen atoms in total. The third-order valence-corrected chi connectivity index (χ3v) is 7.04. The number of nitrogens with zero attached hydrogens (tertiary/aromatic N) is 3. The second-order valence-corrected chi connectivity index (χ2v) is 10.2. The summed E-state index contributed by atoms with van der Waals surface area (Å²) < 4.78 is 60.0. The first-order valence-electron chi connectivity index (χ1n) is 11.6. The fourth-order valence-electron chi connectivity index (χ4n) is 3.57. The summed E-state index contributed by atoms with van der Waals surface area (Å²) in [5, 5.41) is 2.53. The maximum atomic E-state index is 13.6. The lowest BCUT2D eigenvalue weighted by Crippen LogP contribution is -2.35. The van der Waals surface area contributed by atoms with Crippen LogP contribution in [-0.4, -0.2) is 57.7 Å². The van der Waals surface area contributed by atoms with Gasteiger partial charge in [-0.25, -0.2) is 27.2 Å². The molecular formula is C26H27F2N5O5S. The number of carbonyl (C=O) groups is 2. The molecule has 1 aromatic heterocycles. The molecule has 3 rings (SSSR count). The van der Waals surface area contributed by atoms with E-state index in [0.717, 1.165) is 17.7 Å². The average molecular weight is 560 g/mol. The lowest BCUT2D eigenvalue weighted by atomic mass is 10.0. The molecule has 2 aromatic carbocycles. The Labute approximate surface area is 224 Å². The Morgan fingerprint density at radius 3 is 2.51 bits per heavy atom. The van der Waals surface area contributed by atoms with Crippen molar-refractivity contribution in [3.8, 4) is 17.0 Å². The summed E-state index contributed by atoms with van der Waals surface area (Å²) in [6.45, 7) is 3.65. The lowest BCUT2D eigenvalue weighted by Gasteiger charge is -2.16. The zero-order chi connectivity index (χ0) is 28.7. The Balaban J connectivity index is 1.86. The van der Waals surface area contributed by atoms with Crippen LogP contribution < -0.4 is 14.8 Å². The van der Waals surface area contributed by atoms with Crippen molar-refractivity contribution in [1.82, 2.24) is 15.2 Å². The number of benzene rings is 2. The third-order valence-electron chi connectivity index (χ3n) is 5.68. The van der Waals surface area contributed by atoms with Gasteiger partial charge >= 0.3 is 0 Å². The Bertz CT molecular complexity index is 1510. The molecule has 0 aliphatic carbocycles. The number of hydrogen-bond acceptors (Lipinski definition) is 7. The largest absolute Gasteiger partial charge is 0.480 e. The fraction of sp³-hybridized carbons (Fsp3) is 0.231. The van der Waals surface area contributed by atoms with Crippen LogP contribution in [0.3, 0.4) is 0 Å². The summed E-state index contributed by atoms with van der Waals surface area (Å²) in [6.07, 6.45) is 3.41. The molecule has 1 atom stereocenters. The number of ether oxygens (including phenoxy) is 1. The SMILES string of the molecule is CNC(=O)C(C)CN(C=O)/C=N\c1ccc(-c2cnc(OC)c(NS(=O)(=O)c3ccc(F)c(F)c3)c2)cc1C. The highest BCUT2D eigenvalue weighted by Gasteiger charge is 2.20. The molecule has 0 spiro atoms. The normalized spacial score (nSPS) is 12.2. The van der Waals surface area contributed by atoms with E-state index in [4.69, 9.17) is 4.74 Å². The Morgan fingerprint density at radius 2 is 1.90 bits per heavy atom. The Hall–Kier alpha value is -4.39. The molecule has 2 N–H and O–H groups in total. The Morgan fingerprint density at radius 1 is 1.15 bits per heavy atom. The van der Waals surface area contributed by atoms with Crippen LogP contribution >= 0.6 is 0 Å². The van der Waals surface area contributed by atoms with Crippen LogP contribution in [0.1, 0.15) is 12.5 Å². The van der Waals surface area contributed by atoms with Crippen molar-refractivity contribution in [2.45, 2.75) is 18.7 Å². The van der Waals surface area contributed by atoms with Crippen molar-refractivity contribution in [3.63, 3.8) is 0 Å². The van der Waals surface area contributed by atoms with Crippen LogP contribution in [0.25, 0.3) is 11.1 Å². The molecule has 0 fully saturated rings. The molecule has 1 heterocycles. The fourth-order valence-corrected chi connectivity index (χ4v) is 4.63. The van der Waals surface area contributed by atoms with Gasteiger partial charge in [0.05, 0.1) is 29.9 Å². The number of aromatic nitrogens is 1. The molecule has 0 saturated carbocycles. The van der Waals surface area contributed by atoms with Gasteiger partial charge in [0.1, 0.15) is 5.69 Å². The van der Waals surface area contributed by atoms with Crippen LogP contribution in [-0.2, 0) is 19.6 Å². The minimum atomic E-state index is -4.29. The van der Waals surface area contributed by atoms with E-state index in [9.17, 15) is 26.8 Å². The number of carbonyl (C=O) groups excluding carboxylic acids is 2. The van der Waals surface area contributed by atoms with Gasteiger partial charge in [-0.15, -0.1) is 0 Å². The molecule has 2 amide bonds. The van der Waals surface area contributed by atoms with Crippen LogP contribution in [0, 0.1) is 24.5 Å². The second-order valence-electron chi connectivity index (χ2n) is 8.53. The van der Waals surface area contributed by atoms with Crippen LogP contribution in [0.5, 0.6) is 5.88 Å². The highest BCUT2D eigenvalue weighted by Crippen LogP contribution is 2.32. The summed E-state index contributed by atoms with van der Waals surface area (Å²) in [7, 11) is -1.46. The molecule has 0 saturated heterocycles. The Kier molecular flexibility index (Phi) is 9.30. The van der Waals surface area contributed by atoms with Gasteiger partial charge in [0, 0.05) is 25.4 Å². The van der Waals surface area contributed by atoms with Gasteiger partial charge in [-0.2, -0.15) is 0 Å². The highest BCUT2D eigenvalue weighted by molar-refractivity contribution is 7.92. The number of rotatable bonds is 11. The number of amides is 2. The number of aliphatic imine (C=N–C) groups is 1.